The average Bonchev–Trinajstić information content (AvgIpc) is 2.77. The second kappa shape index (κ2) is 7.01. The lowest BCUT2D eigenvalue weighted by Crippen LogP contribution is -2.44. The van der Waals surface area contributed by atoms with Crippen LogP contribution in [0.5, 0.6) is 0 Å². The molecule has 0 saturated carbocycles. The first-order chi connectivity index (χ1) is 9.15. The Morgan fingerprint density at radius 3 is 2.68 bits per heavy atom. The summed E-state index contributed by atoms with van der Waals surface area (Å²) in [6, 6.07) is 0.677. The van der Waals surface area contributed by atoms with Gasteiger partial charge in [0.05, 0.1) is 0 Å². The molecule has 0 radical (unpaired) electrons. The normalized spacial score (nSPS) is 18.3. The van der Waals surface area contributed by atoms with E-state index >= 15 is 0 Å². The topological polar surface area (TPSA) is 46.0 Å². The number of hydrogen-bond acceptors (Lipinski definition) is 4. The molecule has 1 aromatic rings. The van der Waals surface area contributed by atoms with Crippen molar-refractivity contribution in [3.8, 4) is 0 Å². The summed E-state index contributed by atoms with van der Waals surface area (Å²) in [6.45, 7) is 9.31. The van der Waals surface area contributed by atoms with Gasteiger partial charge >= 0.3 is 0 Å². The molecule has 5 nitrogen and oxygen atoms in total. The van der Waals surface area contributed by atoms with Crippen LogP contribution in [0.2, 0.25) is 0 Å². The zero-order valence-corrected chi connectivity index (χ0v) is 12.5. The Bertz CT molecular complexity index is 366. The monoisotopic (exact) mass is 265 g/mol. The number of piperidine rings is 1. The zero-order chi connectivity index (χ0) is 13.7. The first kappa shape index (κ1) is 14.5. The van der Waals surface area contributed by atoms with E-state index in [0.717, 1.165) is 24.7 Å². The van der Waals surface area contributed by atoms with Crippen LogP contribution in [0.4, 0.5) is 0 Å². The third-order valence-corrected chi connectivity index (χ3v) is 3.80. The van der Waals surface area contributed by atoms with Gasteiger partial charge in [-0.15, -0.1) is 10.2 Å². The van der Waals surface area contributed by atoms with E-state index in [1.165, 1.54) is 32.5 Å². The van der Waals surface area contributed by atoms with E-state index in [1.807, 2.05) is 11.6 Å². The van der Waals surface area contributed by atoms with E-state index in [0.29, 0.717) is 6.04 Å². The summed E-state index contributed by atoms with van der Waals surface area (Å²) in [5, 5.41) is 11.7. The van der Waals surface area contributed by atoms with Crippen LogP contribution >= 0.6 is 0 Å². The van der Waals surface area contributed by atoms with Crippen molar-refractivity contribution in [3.63, 3.8) is 0 Å². The molecular formula is C14H27N5. The molecule has 19 heavy (non-hydrogen) atoms. The maximum atomic E-state index is 4.11. The molecule has 0 aliphatic carbocycles. The van der Waals surface area contributed by atoms with Crippen molar-refractivity contribution in [2.24, 2.45) is 13.0 Å². The third kappa shape index (κ3) is 4.58. The number of hydrogen-bond donors (Lipinski definition) is 1. The largest absolute Gasteiger partial charge is 0.321 e. The van der Waals surface area contributed by atoms with E-state index in [1.54, 1.807) is 6.33 Å². The first-order valence-electron chi connectivity index (χ1n) is 7.43. The fourth-order valence-electron chi connectivity index (χ4n) is 2.76. The SMILES string of the molecule is CC(C)CN1CCC(NCCc2nncn2C)CC1. The molecule has 2 heterocycles. The Labute approximate surface area is 116 Å². The fourth-order valence-corrected chi connectivity index (χ4v) is 2.76. The van der Waals surface area contributed by atoms with Gasteiger partial charge in [-0.25, -0.2) is 0 Å². The number of rotatable bonds is 6. The molecule has 2 rings (SSSR count). The van der Waals surface area contributed by atoms with E-state index < -0.39 is 0 Å². The first-order valence-corrected chi connectivity index (χ1v) is 7.43. The van der Waals surface area contributed by atoms with Crippen LogP contribution in [0.3, 0.4) is 0 Å². The van der Waals surface area contributed by atoms with Crippen LogP contribution in [0, 0.1) is 5.92 Å². The Balaban J connectivity index is 1.62. The molecule has 0 unspecified atom stereocenters. The number of likely N-dealkylation sites (tertiary alicyclic amines) is 1. The molecular weight excluding hydrogens is 238 g/mol. The average molecular weight is 265 g/mol. The van der Waals surface area contributed by atoms with Crippen molar-refractivity contribution in [1.82, 2.24) is 25.0 Å². The van der Waals surface area contributed by atoms with Gasteiger partial charge in [-0.1, -0.05) is 13.8 Å². The van der Waals surface area contributed by atoms with Gasteiger partial charge in [0.1, 0.15) is 12.2 Å². The quantitative estimate of drug-likeness (QED) is 0.836. The van der Waals surface area contributed by atoms with Crippen molar-refractivity contribution in [1.29, 1.82) is 0 Å². The minimum absolute atomic E-state index is 0.677. The lowest BCUT2D eigenvalue weighted by Gasteiger charge is -2.33. The molecule has 1 fully saturated rings. The second-order valence-electron chi connectivity index (χ2n) is 6.03. The lowest BCUT2D eigenvalue weighted by molar-refractivity contribution is 0.180. The van der Waals surface area contributed by atoms with Gasteiger partial charge in [-0.05, 0) is 31.8 Å². The van der Waals surface area contributed by atoms with Gasteiger partial charge in [0, 0.05) is 32.6 Å². The minimum Gasteiger partial charge on any atom is -0.321 e. The molecule has 5 heteroatoms. The van der Waals surface area contributed by atoms with Gasteiger partial charge in [-0.3, -0.25) is 0 Å². The number of nitrogens with zero attached hydrogens (tertiary/aromatic N) is 4. The smallest absolute Gasteiger partial charge is 0.133 e. The van der Waals surface area contributed by atoms with Crippen LogP contribution < -0.4 is 5.32 Å². The van der Waals surface area contributed by atoms with Crippen molar-refractivity contribution in [2.45, 2.75) is 39.2 Å². The predicted molar refractivity (Wildman–Crippen MR) is 77.0 cm³/mol. The van der Waals surface area contributed by atoms with Gasteiger partial charge in [0.15, 0.2) is 0 Å². The third-order valence-electron chi connectivity index (χ3n) is 3.80. The molecule has 0 amide bonds. The van der Waals surface area contributed by atoms with Gasteiger partial charge in [-0.2, -0.15) is 0 Å². The van der Waals surface area contributed by atoms with Crippen LogP contribution in [-0.2, 0) is 13.5 Å². The highest BCUT2D eigenvalue weighted by Crippen LogP contribution is 2.12. The molecule has 0 aromatic carbocycles. The summed E-state index contributed by atoms with van der Waals surface area (Å²) >= 11 is 0. The Morgan fingerprint density at radius 1 is 1.37 bits per heavy atom. The van der Waals surface area contributed by atoms with E-state index in [4.69, 9.17) is 0 Å². The van der Waals surface area contributed by atoms with Gasteiger partial charge in [0.2, 0.25) is 0 Å². The Morgan fingerprint density at radius 2 is 2.11 bits per heavy atom. The maximum absolute atomic E-state index is 4.11. The molecule has 0 bridgehead atoms. The predicted octanol–water partition coefficient (Wildman–Crippen LogP) is 1.07. The van der Waals surface area contributed by atoms with E-state index in [2.05, 4.69) is 34.3 Å². The molecule has 1 aliphatic rings. The highest BCUT2D eigenvalue weighted by atomic mass is 15.2. The maximum Gasteiger partial charge on any atom is 0.133 e. The lowest BCUT2D eigenvalue weighted by atomic mass is 10.0. The molecule has 1 aromatic heterocycles. The number of aromatic nitrogens is 3. The highest BCUT2D eigenvalue weighted by Gasteiger charge is 2.18. The summed E-state index contributed by atoms with van der Waals surface area (Å²) in [7, 11) is 2.00. The second-order valence-corrected chi connectivity index (χ2v) is 6.03. The fraction of sp³-hybridized carbons (Fsp3) is 0.857. The summed E-state index contributed by atoms with van der Waals surface area (Å²) in [6.07, 6.45) is 5.26. The van der Waals surface area contributed by atoms with Crippen LogP contribution in [0.25, 0.3) is 0 Å². The van der Waals surface area contributed by atoms with Crippen molar-refractivity contribution < 1.29 is 0 Å². The van der Waals surface area contributed by atoms with E-state index in [-0.39, 0.29) is 0 Å². The van der Waals surface area contributed by atoms with Crippen molar-refractivity contribution in [2.75, 3.05) is 26.2 Å². The molecule has 0 atom stereocenters. The summed E-state index contributed by atoms with van der Waals surface area (Å²) in [5.41, 5.74) is 0. The molecule has 0 spiro atoms. The summed E-state index contributed by atoms with van der Waals surface area (Å²) in [4.78, 5) is 2.59. The van der Waals surface area contributed by atoms with E-state index in [9.17, 15) is 0 Å². The number of nitrogens with one attached hydrogen (secondary N) is 1. The highest BCUT2D eigenvalue weighted by molar-refractivity contribution is 4.86. The van der Waals surface area contributed by atoms with Crippen LogP contribution in [0.1, 0.15) is 32.5 Å². The molecule has 1 N–H and O–H groups in total. The summed E-state index contributed by atoms with van der Waals surface area (Å²) < 4.78 is 1.99. The standard InChI is InChI=1S/C14H27N5/c1-12(2)10-19-8-5-13(6-9-19)15-7-4-14-17-16-11-18(14)3/h11-13,15H,4-10H2,1-3H3. The van der Waals surface area contributed by atoms with Gasteiger partial charge < -0.3 is 14.8 Å². The zero-order valence-electron chi connectivity index (χ0n) is 12.5. The molecule has 1 saturated heterocycles. The Hall–Kier alpha value is -0.940. The number of aryl methyl sites for hydroxylation is 1. The van der Waals surface area contributed by atoms with Crippen LogP contribution in [0.15, 0.2) is 6.33 Å². The minimum atomic E-state index is 0.677. The van der Waals surface area contributed by atoms with Crippen LogP contribution in [-0.4, -0.2) is 51.9 Å². The molecule has 1 aliphatic heterocycles. The molecule has 108 valence electrons. The van der Waals surface area contributed by atoms with Crippen molar-refractivity contribution >= 4 is 0 Å². The van der Waals surface area contributed by atoms with Crippen molar-refractivity contribution in [3.05, 3.63) is 12.2 Å². The summed E-state index contributed by atoms with van der Waals surface area (Å²) in [5.74, 6) is 1.84. The Kier molecular flexibility index (Phi) is 5.34. The van der Waals surface area contributed by atoms with Gasteiger partial charge in [0.25, 0.3) is 0 Å².